The number of amides is 1. The molecule has 1 rings (SSSR count). The van der Waals surface area contributed by atoms with E-state index in [0.29, 0.717) is 18.4 Å². The summed E-state index contributed by atoms with van der Waals surface area (Å²) >= 11 is 3.36. The van der Waals surface area contributed by atoms with Crippen molar-refractivity contribution in [1.29, 1.82) is 0 Å². The molecule has 0 spiro atoms. The maximum atomic E-state index is 12.1. The third-order valence-corrected chi connectivity index (χ3v) is 3.17. The minimum absolute atomic E-state index is 0.109. The molecule has 0 aliphatic rings. The van der Waals surface area contributed by atoms with Gasteiger partial charge in [0, 0.05) is 22.5 Å². The number of rotatable bonds is 5. The molecule has 0 bridgehead atoms. The number of benzene rings is 1. The van der Waals surface area contributed by atoms with Crippen LogP contribution in [0, 0.1) is 6.92 Å². The minimum atomic E-state index is -0.165. The smallest absolute Gasteiger partial charge is 0.251 e. The number of nitrogens with two attached hydrogens (primary N) is 1. The summed E-state index contributed by atoms with van der Waals surface area (Å²) < 4.78 is 0.863. The van der Waals surface area contributed by atoms with Gasteiger partial charge in [0.05, 0.1) is 0 Å². The SMILES string of the molecule is CCC(C/C(N)=N/O)NC(=O)c1cc(C)cc(Br)c1. The van der Waals surface area contributed by atoms with Gasteiger partial charge < -0.3 is 16.3 Å². The zero-order chi connectivity index (χ0) is 14.4. The second kappa shape index (κ2) is 7.13. The molecule has 1 aromatic rings. The summed E-state index contributed by atoms with van der Waals surface area (Å²) in [7, 11) is 0. The van der Waals surface area contributed by atoms with E-state index in [4.69, 9.17) is 10.9 Å². The van der Waals surface area contributed by atoms with Gasteiger partial charge in [-0.3, -0.25) is 4.79 Å². The molecule has 5 nitrogen and oxygen atoms in total. The molecule has 0 aromatic heterocycles. The number of carbonyl (C=O) groups is 1. The lowest BCUT2D eigenvalue weighted by atomic mass is 10.1. The molecule has 1 unspecified atom stereocenters. The van der Waals surface area contributed by atoms with Crippen LogP contribution in [0.4, 0.5) is 0 Å². The van der Waals surface area contributed by atoms with Crippen LogP contribution in [-0.2, 0) is 0 Å². The summed E-state index contributed by atoms with van der Waals surface area (Å²) in [6.45, 7) is 3.86. The minimum Gasteiger partial charge on any atom is -0.409 e. The number of nitrogens with zero attached hydrogens (tertiary/aromatic N) is 1. The third-order valence-electron chi connectivity index (χ3n) is 2.72. The van der Waals surface area contributed by atoms with E-state index in [-0.39, 0.29) is 17.8 Å². The highest BCUT2D eigenvalue weighted by atomic mass is 79.9. The first-order valence-electron chi connectivity index (χ1n) is 6.00. The van der Waals surface area contributed by atoms with Crippen LogP contribution in [0.15, 0.2) is 27.8 Å². The average molecular weight is 328 g/mol. The first-order chi connectivity index (χ1) is 8.96. The summed E-state index contributed by atoms with van der Waals surface area (Å²) in [4.78, 5) is 12.1. The molecule has 0 aliphatic carbocycles. The van der Waals surface area contributed by atoms with E-state index in [9.17, 15) is 4.79 Å². The Balaban J connectivity index is 2.77. The zero-order valence-corrected chi connectivity index (χ0v) is 12.6. The van der Waals surface area contributed by atoms with Gasteiger partial charge in [0.2, 0.25) is 0 Å². The Morgan fingerprint density at radius 1 is 1.53 bits per heavy atom. The molecule has 0 aliphatic heterocycles. The summed E-state index contributed by atoms with van der Waals surface area (Å²) in [5.74, 6) is -0.0560. The number of aryl methyl sites for hydroxylation is 1. The Morgan fingerprint density at radius 2 is 2.21 bits per heavy atom. The highest BCUT2D eigenvalue weighted by Gasteiger charge is 2.14. The average Bonchev–Trinajstić information content (AvgIpc) is 2.36. The molecule has 6 heteroatoms. The van der Waals surface area contributed by atoms with E-state index in [1.807, 2.05) is 26.0 Å². The highest BCUT2D eigenvalue weighted by molar-refractivity contribution is 9.10. The van der Waals surface area contributed by atoms with Gasteiger partial charge in [-0.1, -0.05) is 28.0 Å². The van der Waals surface area contributed by atoms with Crippen molar-refractivity contribution in [2.24, 2.45) is 10.9 Å². The summed E-state index contributed by atoms with van der Waals surface area (Å²) in [6, 6.07) is 5.36. The highest BCUT2D eigenvalue weighted by Crippen LogP contribution is 2.15. The second-order valence-electron chi connectivity index (χ2n) is 4.39. The summed E-state index contributed by atoms with van der Waals surface area (Å²) in [5, 5.41) is 14.3. The maximum Gasteiger partial charge on any atom is 0.251 e. The Morgan fingerprint density at radius 3 is 2.74 bits per heavy atom. The van der Waals surface area contributed by atoms with E-state index < -0.39 is 0 Å². The molecule has 0 saturated carbocycles. The van der Waals surface area contributed by atoms with Gasteiger partial charge in [-0.15, -0.1) is 0 Å². The Kier molecular flexibility index (Phi) is 5.82. The molecule has 19 heavy (non-hydrogen) atoms. The monoisotopic (exact) mass is 327 g/mol. The van der Waals surface area contributed by atoms with Crippen LogP contribution in [0.2, 0.25) is 0 Å². The molecule has 1 atom stereocenters. The summed E-state index contributed by atoms with van der Waals surface area (Å²) in [6.07, 6.45) is 1.03. The summed E-state index contributed by atoms with van der Waals surface area (Å²) in [5.41, 5.74) is 7.04. The number of amidine groups is 1. The van der Waals surface area contributed by atoms with E-state index in [2.05, 4.69) is 26.4 Å². The van der Waals surface area contributed by atoms with E-state index in [0.717, 1.165) is 10.0 Å². The predicted molar refractivity (Wildman–Crippen MR) is 78.5 cm³/mol. The first-order valence-corrected chi connectivity index (χ1v) is 6.80. The molecule has 4 N–H and O–H groups in total. The van der Waals surface area contributed by atoms with Crippen molar-refractivity contribution in [3.8, 4) is 0 Å². The van der Waals surface area contributed by atoms with Crippen LogP contribution < -0.4 is 11.1 Å². The van der Waals surface area contributed by atoms with Gasteiger partial charge in [-0.05, 0) is 37.1 Å². The maximum absolute atomic E-state index is 12.1. The Labute approximate surface area is 121 Å². The van der Waals surface area contributed by atoms with Crippen molar-refractivity contribution in [3.63, 3.8) is 0 Å². The van der Waals surface area contributed by atoms with Crippen molar-refractivity contribution in [3.05, 3.63) is 33.8 Å². The molecule has 0 fully saturated rings. The lowest BCUT2D eigenvalue weighted by Crippen LogP contribution is -2.37. The van der Waals surface area contributed by atoms with Gasteiger partial charge >= 0.3 is 0 Å². The predicted octanol–water partition coefficient (Wildman–Crippen LogP) is 2.40. The fraction of sp³-hybridized carbons (Fsp3) is 0.385. The number of halogens is 1. The van der Waals surface area contributed by atoms with Crippen molar-refractivity contribution in [2.45, 2.75) is 32.7 Å². The van der Waals surface area contributed by atoms with E-state index in [1.54, 1.807) is 6.07 Å². The van der Waals surface area contributed by atoms with Gasteiger partial charge in [0.15, 0.2) is 0 Å². The van der Waals surface area contributed by atoms with Crippen molar-refractivity contribution in [2.75, 3.05) is 0 Å². The molecular formula is C13H18BrN3O2. The standard InChI is InChI=1S/C13H18BrN3O2/c1-3-11(7-12(15)17-19)16-13(18)9-4-8(2)5-10(14)6-9/h4-6,11,19H,3,7H2,1-2H3,(H2,15,17)(H,16,18). The molecule has 0 heterocycles. The van der Waals surface area contributed by atoms with Gasteiger partial charge in [-0.25, -0.2) is 0 Å². The molecule has 1 amide bonds. The van der Waals surface area contributed by atoms with Gasteiger partial charge in [-0.2, -0.15) is 0 Å². The van der Waals surface area contributed by atoms with Gasteiger partial charge in [0.1, 0.15) is 5.84 Å². The first kappa shape index (κ1) is 15.5. The normalized spacial score (nSPS) is 13.1. The van der Waals surface area contributed by atoms with Crippen molar-refractivity contribution >= 4 is 27.7 Å². The quantitative estimate of drug-likeness (QED) is 0.336. The van der Waals surface area contributed by atoms with Crippen LogP contribution in [-0.4, -0.2) is 23.0 Å². The number of nitrogens with one attached hydrogen (secondary N) is 1. The van der Waals surface area contributed by atoms with Crippen LogP contribution >= 0.6 is 15.9 Å². The third kappa shape index (κ3) is 4.90. The van der Waals surface area contributed by atoms with Crippen LogP contribution in [0.1, 0.15) is 35.7 Å². The molecule has 104 valence electrons. The number of oxime groups is 1. The zero-order valence-electron chi connectivity index (χ0n) is 11.0. The second-order valence-corrected chi connectivity index (χ2v) is 5.31. The van der Waals surface area contributed by atoms with Crippen molar-refractivity contribution < 1.29 is 10.0 Å². The fourth-order valence-electron chi connectivity index (χ4n) is 1.73. The molecule has 0 saturated heterocycles. The van der Waals surface area contributed by atoms with Crippen LogP contribution in [0.3, 0.4) is 0 Å². The fourth-order valence-corrected chi connectivity index (χ4v) is 2.33. The Hall–Kier alpha value is -1.56. The van der Waals surface area contributed by atoms with Gasteiger partial charge in [0.25, 0.3) is 5.91 Å². The molecular weight excluding hydrogens is 310 g/mol. The molecule has 0 radical (unpaired) electrons. The van der Waals surface area contributed by atoms with Crippen LogP contribution in [0.5, 0.6) is 0 Å². The number of hydrogen-bond donors (Lipinski definition) is 3. The van der Waals surface area contributed by atoms with E-state index >= 15 is 0 Å². The molecule has 1 aromatic carbocycles. The number of carbonyl (C=O) groups excluding carboxylic acids is 1. The van der Waals surface area contributed by atoms with E-state index in [1.165, 1.54) is 0 Å². The topological polar surface area (TPSA) is 87.7 Å². The van der Waals surface area contributed by atoms with Crippen LogP contribution in [0.25, 0.3) is 0 Å². The van der Waals surface area contributed by atoms with Crippen molar-refractivity contribution in [1.82, 2.24) is 5.32 Å². The Bertz CT molecular complexity index is 469. The lowest BCUT2D eigenvalue weighted by Gasteiger charge is -2.16. The largest absolute Gasteiger partial charge is 0.409 e. The lowest BCUT2D eigenvalue weighted by molar-refractivity contribution is 0.0936. The number of hydrogen-bond acceptors (Lipinski definition) is 3.